The summed E-state index contributed by atoms with van der Waals surface area (Å²) in [6, 6.07) is 15.9. The number of nitrogens with zero attached hydrogens (tertiary/aromatic N) is 2. The highest BCUT2D eigenvalue weighted by Gasteiger charge is 2.51. The molecule has 1 fully saturated rings. The summed E-state index contributed by atoms with van der Waals surface area (Å²) in [4.78, 5) is 40.5. The van der Waals surface area contributed by atoms with E-state index in [1.54, 1.807) is 6.07 Å². The molecule has 1 saturated heterocycles. The Labute approximate surface area is 197 Å². The summed E-state index contributed by atoms with van der Waals surface area (Å²) >= 11 is 0. The van der Waals surface area contributed by atoms with E-state index in [-0.39, 0.29) is 19.1 Å². The molecule has 0 unspecified atom stereocenters. The Kier molecular flexibility index (Phi) is 5.16. The molecule has 2 aliphatic heterocycles. The van der Waals surface area contributed by atoms with Crippen molar-refractivity contribution in [2.24, 2.45) is 0 Å². The van der Waals surface area contributed by atoms with E-state index in [0.717, 1.165) is 22.0 Å². The minimum Gasteiger partial charge on any atom is -0.454 e. The van der Waals surface area contributed by atoms with Crippen LogP contribution < -0.4 is 14.8 Å². The first-order valence-corrected chi connectivity index (χ1v) is 11.2. The normalized spacial score (nSPS) is 19.0. The summed E-state index contributed by atoms with van der Waals surface area (Å²) < 4.78 is 12.8. The van der Waals surface area contributed by atoms with Crippen molar-refractivity contribution in [1.82, 2.24) is 14.8 Å². The Morgan fingerprint density at radius 1 is 1.03 bits per heavy atom. The number of carbonyl (C=O) groups is 3. The van der Waals surface area contributed by atoms with Gasteiger partial charge in [-0.3, -0.25) is 14.5 Å². The molecule has 34 heavy (non-hydrogen) atoms. The molecule has 3 heterocycles. The van der Waals surface area contributed by atoms with Gasteiger partial charge in [-0.05, 0) is 44.0 Å². The number of amides is 3. The van der Waals surface area contributed by atoms with Gasteiger partial charge in [0.1, 0.15) is 5.54 Å². The van der Waals surface area contributed by atoms with Gasteiger partial charge in [-0.1, -0.05) is 37.3 Å². The zero-order valence-electron chi connectivity index (χ0n) is 19.3. The van der Waals surface area contributed by atoms with E-state index in [0.29, 0.717) is 29.0 Å². The maximum atomic E-state index is 13.4. The van der Waals surface area contributed by atoms with Gasteiger partial charge in [-0.25, -0.2) is 4.79 Å². The summed E-state index contributed by atoms with van der Waals surface area (Å²) in [5, 5.41) is 2.83. The molecule has 0 bridgehead atoms. The Morgan fingerprint density at radius 3 is 2.50 bits per heavy atom. The van der Waals surface area contributed by atoms with Gasteiger partial charge in [0.05, 0.1) is 6.54 Å². The predicted octanol–water partition coefficient (Wildman–Crippen LogP) is 3.86. The lowest BCUT2D eigenvalue weighted by Crippen LogP contribution is -2.43. The van der Waals surface area contributed by atoms with Crippen LogP contribution >= 0.6 is 0 Å². The van der Waals surface area contributed by atoms with Crippen molar-refractivity contribution in [2.45, 2.75) is 32.7 Å². The molecule has 2 aliphatic rings. The molecule has 3 amide bonds. The average Bonchev–Trinajstić information content (AvgIpc) is 3.50. The molecule has 0 saturated carbocycles. The van der Waals surface area contributed by atoms with Gasteiger partial charge in [0.25, 0.3) is 5.91 Å². The second-order valence-electron chi connectivity index (χ2n) is 8.53. The van der Waals surface area contributed by atoms with E-state index in [4.69, 9.17) is 9.47 Å². The monoisotopic (exact) mass is 459 g/mol. The number of hydrogen-bond donors (Lipinski definition) is 1. The zero-order valence-corrected chi connectivity index (χ0v) is 19.3. The molecule has 1 atom stereocenters. The van der Waals surface area contributed by atoms with Crippen molar-refractivity contribution in [1.29, 1.82) is 0 Å². The first-order valence-electron chi connectivity index (χ1n) is 11.2. The largest absolute Gasteiger partial charge is 0.454 e. The first-order chi connectivity index (χ1) is 16.4. The van der Waals surface area contributed by atoms with Crippen LogP contribution in [0, 0.1) is 13.8 Å². The van der Waals surface area contributed by atoms with Gasteiger partial charge in [0.15, 0.2) is 17.3 Å². The van der Waals surface area contributed by atoms with Crippen LogP contribution in [0.15, 0.2) is 54.6 Å². The van der Waals surface area contributed by atoms with Crippen molar-refractivity contribution in [3.8, 4) is 17.2 Å². The van der Waals surface area contributed by atoms with Crippen LogP contribution in [0.3, 0.4) is 0 Å². The SMILES string of the molecule is CC[C@]1(c2ccccc2)NC(=O)N(CC(=O)c2cc(C)n(-c3ccc4c(c3)OCO4)c2C)C1=O. The van der Waals surface area contributed by atoms with Crippen molar-refractivity contribution >= 4 is 17.7 Å². The molecule has 0 spiro atoms. The topological polar surface area (TPSA) is 89.9 Å². The molecular weight excluding hydrogens is 434 g/mol. The fourth-order valence-corrected chi connectivity index (χ4v) is 4.83. The molecule has 174 valence electrons. The third-order valence-electron chi connectivity index (χ3n) is 6.62. The van der Waals surface area contributed by atoms with Crippen molar-refractivity contribution in [3.05, 3.63) is 77.1 Å². The molecule has 2 aromatic carbocycles. The number of Topliss-reactive ketones (excluding diaryl/α,β-unsaturated/α-hetero) is 1. The van der Waals surface area contributed by atoms with Crippen molar-refractivity contribution < 1.29 is 23.9 Å². The summed E-state index contributed by atoms with van der Waals surface area (Å²) in [7, 11) is 0. The predicted molar refractivity (Wildman–Crippen MR) is 124 cm³/mol. The van der Waals surface area contributed by atoms with Crippen molar-refractivity contribution in [2.75, 3.05) is 13.3 Å². The average molecular weight is 460 g/mol. The summed E-state index contributed by atoms with van der Waals surface area (Å²) in [5.74, 6) is 0.612. The van der Waals surface area contributed by atoms with Gasteiger partial charge in [-0.2, -0.15) is 0 Å². The number of hydrogen-bond acceptors (Lipinski definition) is 5. The van der Waals surface area contributed by atoms with Crippen LogP contribution in [0.25, 0.3) is 5.69 Å². The third-order valence-corrected chi connectivity index (χ3v) is 6.62. The molecule has 1 N–H and O–H groups in total. The number of ketones is 1. The van der Waals surface area contributed by atoms with E-state index < -0.39 is 17.5 Å². The number of urea groups is 1. The lowest BCUT2D eigenvalue weighted by Gasteiger charge is -2.25. The number of fused-ring (bicyclic) bond motifs is 1. The quantitative estimate of drug-likeness (QED) is 0.447. The fraction of sp³-hybridized carbons (Fsp3) is 0.269. The highest BCUT2D eigenvalue weighted by Crippen LogP contribution is 2.35. The molecule has 1 aromatic heterocycles. The Balaban J connectivity index is 1.43. The summed E-state index contributed by atoms with van der Waals surface area (Å²) in [5.41, 5.74) is 2.41. The van der Waals surface area contributed by atoms with Crippen LogP contribution in [0.5, 0.6) is 11.5 Å². The van der Waals surface area contributed by atoms with Gasteiger partial charge in [0, 0.05) is 28.7 Å². The van der Waals surface area contributed by atoms with Gasteiger partial charge >= 0.3 is 6.03 Å². The zero-order chi connectivity index (χ0) is 24.0. The minimum atomic E-state index is -1.16. The van der Waals surface area contributed by atoms with Crippen LogP contribution in [0.2, 0.25) is 0 Å². The van der Waals surface area contributed by atoms with Crippen LogP contribution in [-0.4, -0.2) is 40.5 Å². The van der Waals surface area contributed by atoms with Gasteiger partial charge in [-0.15, -0.1) is 0 Å². The van der Waals surface area contributed by atoms with Crippen LogP contribution in [0.1, 0.15) is 40.7 Å². The number of carbonyl (C=O) groups excluding carboxylic acids is 3. The standard InChI is InChI=1S/C26H25N3O5/c1-4-26(18-8-6-5-7-9-18)24(31)28(25(32)27-26)14-21(30)20-12-16(2)29(17(20)3)19-10-11-22-23(13-19)34-15-33-22/h5-13H,4,14-15H2,1-3H3,(H,27,32)/t26-/m1/s1. The molecule has 8 nitrogen and oxygen atoms in total. The molecule has 0 radical (unpaired) electrons. The van der Waals surface area contributed by atoms with Crippen LogP contribution in [-0.2, 0) is 10.3 Å². The molecule has 8 heteroatoms. The summed E-state index contributed by atoms with van der Waals surface area (Å²) in [6.45, 7) is 5.44. The minimum absolute atomic E-state index is 0.181. The first kappa shape index (κ1) is 21.8. The van der Waals surface area contributed by atoms with E-state index in [1.165, 1.54) is 0 Å². The number of nitrogens with one attached hydrogen (secondary N) is 1. The van der Waals surface area contributed by atoms with E-state index in [2.05, 4.69) is 5.32 Å². The number of rotatable bonds is 6. The number of ether oxygens (including phenoxy) is 2. The summed E-state index contributed by atoms with van der Waals surface area (Å²) in [6.07, 6.45) is 0.380. The lowest BCUT2D eigenvalue weighted by molar-refractivity contribution is -0.131. The number of imide groups is 1. The molecule has 0 aliphatic carbocycles. The van der Waals surface area contributed by atoms with Gasteiger partial charge in [0.2, 0.25) is 6.79 Å². The maximum Gasteiger partial charge on any atom is 0.325 e. The number of aryl methyl sites for hydroxylation is 1. The van der Waals surface area contributed by atoms with Gasteiger partial charge < -0.3 is 19.4 Å². The Bertz CT molecular complexity index is 1310. The highest BCUT2D eigenvalue weighted by molar-refractivity contribution is 6.11. The van der Waals surface area contributed by atoms with E-state index in [1.807, 2.05) is 73.9 Å². The highest BCUT2D eigenvalue weighted by atomic mass is 16.7. The molecule has 3 aromatic rings. The second-order valence-corrected chi connectivity index (χ2v) is 8.53. The second kappa shape index (κ2) is 8.06. The maximum absolute atomic E-state index is 13.4. The van der Waals surface area contributed by atoms with Crippen LogP contribution in [0.4, 0.5) is 4.79 Å². The molecule has 5 rings (SSSR count). The Hall–Kier alpha value is -4.07. The fourth-order valence-electron chi connectivity index (χ4n) is 4.83. The lowest BCUT2D eigenvalue weighted by atomic mass is 9.87. The third kappa shape index (κ3) is 3.25. The number of benzene rings is 2. The smallest absolute Gasteiger partial charge is 0.325 e. The number of aromatic nitrogens is 1. The Morgan fingerprint density at radius 2 is 1.76 bits per heavy atom. The van der Waals surface area contributed by atoms with Crippen molar-refractivity contribution in [3.63, 3.8) is 0 Å². The van der Waals surface area contributed by atoms with E-state index >= 15 is 0 Å². The molecular formula is C26H25N3O5. The van der Waals surface area contributed by atoms with E-state index in [9.17, 15) is 14.4 Å².